The van der Waals surface area contributed by atoms with E-state index in [1.165, 1.54) is 0 Å². The van der Waals surface area contributed by atoms with E-state index in [9.17, 15) is 0 Å². The lowest BCUT2D eigenvalue weighted by molar-refractivity contribution is 1.07. The van der Waals surface area contributed by atoms with E-state index >= 15 is 0 Å². The molecule has 4 aromatic heterocycles. The summed E-state index contributed by atoms with van der Waals surface area (Å²) in [7, 11) is 0. The SMILES string of the molecule is c1ccc(-c2ccc(-c3nc(-c4ccccc4)nc(-c4cccc(-c5ncnc6c5sc5nc7ccccc7nc56)c4)n3)cc2)cc1. The number of benzene rings is 5. The van der Waals surface area contributed by atoms with E-state index in [2.05, 4.69) is 53.5 Å². The van der Waals surface area contributed by atoms with Crippen molar-refractivity contribution in [3.63, 3.8) is 0 Å². The van der Waals surface area contributed by atoms with Gasteiger partial charge >= 0.3 is 0 Å². The fourth-order valence-electron chi connectivity index (χ4n) is 5.75. The van der Waals surface area contributed by atoms with Crippen LogP contribution in [0.4, 0.5) is 0 Å². The number of hydrogen-bond donors (Lipinski definition) is 0. The Labute approximate surface area is 273 Å². The molecule has 47 heavy (non-hydrogen) atoms. The van der Waals surface area contributed by atoms with Crippen LogP contribution in [0.25, 0.3) is 88.1 Å². The molecule has 5 aromatic carbocycles. The number of hydrogen-bond acceptors (Lipinski definition) is 8. The van der Waals surface area contributed by atoms with Gasteiger partial charge in [0, 0.05) is 22.3 Å². The third-order valence-electron chi connectivity index (χ3n) is 8.08. The highest BCUT2D eigenvalue weighted by Crippen LogP contribution is 2.37. The van der Waals surface area contributed by atoms with Crippen molar-refractivity contribution in [1.82, 2.24) is 34.9 Å². The quantitative estimate of drug-likeness (QED) is 0.189. The Morgan fingerprint density at radius 3 is 1.64 bits per heavy atom. The van der Waals surface area contributed by atoms with Gasteiger partial charge in [0.05, 0.1) is 21.4 Å². The maximum Gasteiger partial charge on any atom is 0.164 e. The molecule has 0 N–H and O–H groups in total. The Morgan fingerprint density at radius 2 is 0.915 bits per heavy atom. The van der Waals surface area contributed by atoms with E-state index in [1.54, 1.807) is 17.7 Å². The highest BCUT2D eigenvalue weighted by atomic mass is 32.1. The molecular formula is C39H23N7S. The number of nitrogens with zero attached hydrogens (tertiary/aromatic N) is 7. The zero-order valence-corrected chi connectivity index (χ0v) is 25.6. The number of para-hydroxylation sites is 2. The predicted octanol–water partition coefficient (Wildman–Crippen LogP) is 9.31. The average molecular weight is 622 g/mol. The van der Waals surface area contributed by atoms with Gasteiger partial charge in [-0.1, -0.05) is 115 Å². The van der Waals surface area contributed by atoms with E-state index < -0.39 is 0 Å². The van der Waals surface area contributed by atoms with Crippen LogP contribution in [-0.2, 0) is 0 Å². The summed E-state index contributed by atoms with van der Waals surface area (Å²) in [4.78, 5) is 34.8. The lowest BCUT2D eigenvalue weighted by atomic mass is 10.0. The molecule has 4 heterocycles. The molecule has 0 bridgehead atoms. The molecule has 0 spiro atoms. The van der Waals surface area contributed by atoms with Gasteiger partial charge in [0.1, 0.15) is 22.2 Å². The van der Waals surface area contributed by atoms with Crippen molar-refractivity contribution in [2.24, 2.45) is 0 Å². The van der Waals surface area contributed by atoms with Gasteiger partial charge in [-0.15, -0.1) is 11.3 Å². The minimum Gasteiger partial charge on any atom is -0.241 e. The Hall–Kier alpha value is -6.25. The normalized spacial score (nSPS) is 11.4. The number of thiophene rings is 1. The molecule has 0 atom stereocenters. The molecule has 0 fully saturated rings. The first kappa shape index (κ1) is 27.1. The molecule has 0 unspecified atom stereocenters. The van der Waals surface area contributed by atoms with E-state index in [4.69, 9.17) is 29.9 Å². The topological polar surface area (TPSA) is 90.2 Å². The lowest BCUT2D eigenvalue weighted by Gasteiger charge is -2.10. The number of rotatable bonds is 5. The van der Waals surface area contributed by atoms with Gasteiger partial charge < -0.3 is 0 Å². The van der Waals surface area contributed by atoms with Gasteiger partial charge in [-0.05, 0) is 29.3 Å². The summed E-state index contributed by atoms with van der Waals surface area (Å²) < 4.78 is 0.940. The van der Waals surface area contributed by atoms with Crippen LogP contribution in [0.2, 0.25) is 0 Å². The van der Waals surface area contributed by atoms with Crippen LogP contribution < -0.4 is 0 Å². The van der Waals surface area contributed by atoms with Crippen LogP contribution in [0.1, 0.15) is 0 Å². The molecule has 0 aliphatic heterocycles. The molecule has 9 rings (SSSR count). The number of fused-ring (bicyclic) bond motifs is 4. The summed E-state index contributed by atoms with van der Waals surface area (Å²) in [5.74, 6) is 1.80. The largest absolute Gasteiger partial charge is 0.241 e. The summed E-state index contributed by atoms with van der Waals surface area (Å²) in [5, 5.41) is 0. The molecule has 0 amide bonds. The molecule has 8 heteroatoms. The first-order valence-corrected chi connectivity index (χ1v) is 16.0. The van der Waals surface area contributed by atoms with Gasteiger partial charge in [-0.3, -0.25) is 0 Å². The first-order valence-electron chi connectivity index (χ1n) is 15.1. The van der Waals surface area contributed by atoms with Crippen LogP contribution in [0.15, 0.2) is 140 Å². The lowest BCUT2D eigenvalue weighted by Crippen LogP contribution is -2.00. The van der Waals surface area contributed by atoms with Crippen molar-refractivity contribution >= 4 is 42.9 Å². The van der Waals surface area contributed by atoms with Gasteiger partial charge in [-0.2, -0.15) is 0 Å². The highest BCUT2D eigenvalue weighted by Gasteiger charge is 2.18. The molecule has 0 aliphatic rings. The van der Waals surface area contributed by atoms with Gasteiger partial charge in [0.15, 0.2) is 17.5 Å². The zero-order valence-electron chi connectivity index (χ0n) is 24.8. The monoisotopic (exact) mass is 621 g/mol. The summed E-state index contributed by atoms with van der Waals surface area (Å²) in [6.07, 6.45) is 1.60. The molecule has 0 saturated carbocycles. The van der Waals surface area contributed by atoms with Crippen molar-refractivity contribution < 1.29 is 0 Å². The summed E-state index contributed by atoms with van der Waals surface area (Å²) in [6, 6.07) is 44.7. The van der Waals surface area contributed by atoms with Gasteiger partial charge in [0.2, 0.25) is 0 Å². The maximum absolute atomic E-state index is 4.99. The molecular weight excluding hydrogens is 599 g/mol. The van der Waals surface area contributed by atoms with E-state index in [0.29, 0.717) is 17.5 Å². The third-order valence-corrected chi connectivity index (χ3v) is 9.15. The Kier molecular flexibility index (Phi) is 6.50. The summed E-state index contributed by atoms with van der Waals surface area (Å²) >= 11 is 1.56. The van der Waals surface area contributed by atoms with Crippen LogP contribution in [-0.4, -0.2) is 34.9 Å². The summed E-state index contributed by atoms with van der Waals surface area (Å²) in [5.41, 5.74) is 10.0. The smallest absolute Gasteiger partial charge is 0.164 e. The van der Waals surface area contributed by atoms with Crippen molar-refractivity contribution in [2.45, 2.75) is 0 Å². The fraction of sp³-hybridized carbons (Fsp3) is 0. The van der Waals surface area contributed by atoms with Crippen LogP contribution in [0, 0.1) is 0 Å². The minimum absolute atomic E-state index is 0.582. The highest BCUT2D eigenvalue weighted by molar-refractivity contribution is 7.25. The summed E-state index contributed by atoms with van der Waals surface area (Å²) in [6.45, 7) is 0. The Morgan fingerprint density at radius 1 is 0.383 bits per heavy atom. The minimum atomic E-state index is 0.582. The Balaban J connectivity index is 1.16. The number of aromatic nitrogens is 7. The second-order valence-electron chi connectivity index (χ2n) is 11.1. The molecule has 7 nitrogen and oxygen atoms in total. The molecule has 0 saturated heterocycles. The molecule has 0 radical (unpaired) electrons. The van der Waals surface area contributed by atoms with Crippen molar-refractivity contribution in [2.75, 3.05) is 0 Å². The second-order valence-corrected chi connectivity index (χ2v) is 12.1. The van der Waals surface area contributed by atoms with E-state index in [1.807, 2.05) is 84.9 Å². The van der Waals surface area contributed by atoms with Gasteiger partial charge in [0.25, 0.3) is 0 Å². The fourth-order valence-corrected chi connectivity index (χ4v) is 6.84. The van der Waals surface area contributed by atoms with Gasteiger partial charge in [-0.25, -0.2) is 34.9 Å². The second kappa shape index (κ2) is 11.3. The van der Waals surface area contributed by atoms with Crippen LogP contribution in [0.5, 0.6) is 0 Å². The maximum atomic E-state index is 4.99. The van der Waals surface area contributed by atoms with Crippen LogP contribution >= 0.6 is 11.3 Å². The molecule has 220 valence electrons. The van der Waals surface area contributed by atoms with Crippen molar-refractivity contribution in [3.8, 4) is 56.5 Å². The van der Waals surface area contributed by atoms with E-state index in [-0.39, 0.29) is 0 Å². The van der Waals surface area contributed by atoms with Crippen molar-refractivity contribution in [1.29, 1.82) is 0 Å². The zero-order chi connectivity index (χ0) is 31.2. The molecule has 9 aromatic rings. The Bertz CT molecular complexity index is 2570. The molecule has 0 aliphatic carbocycles. The van der Waals surface area contributed by atoms with E-state index in [0.717, 1.165) is 70.7 Å². The van der Waals surface area contributed by atoms with Crippen molar-refractivity contribution in [3.05, 3.63) is 140 Å². The third kappa shape index (κ3) is 4.97. The predicted molar refractivity (Wildman–Crippen MR) is 189 cm³/mol. The first-order chi connectivity index (χ1) is 23.3. The average Bonchev–Trinajstić information content (AvgIpc) is 3.52. The van der Waals surface area contributed by atoms with Crippen LogP contribution in [0.3, 0.4) is 0 Å². The standard InChI is InChI=1S/C39H23N7S/c1-3-10-24(11-4-1)25-18-20-27(21-19-25)37-44-36(26-12-5-2-6-13-26)45-38(46-37)29-15-9-14-28(22-29)32-35-33(41-23-40-32)34-39(47-35)43-31-17-8-7-16-30(31)42-34/h1-23H.